The van der Waals surface area contributed by atoms with Gasteiger partial charge >= 0.3 is 0 Å². The number of nitrogen functional groups attached to an aromatic ring is 1. The summed E-state index contributed by atoms with van der Waals surface area (Å²) in [5.74, 6) is -1.36. The van der Waals surface area contributed by atoms with Crippen molar-refractivity contribution in [3.05, 3.63) is 54.1 Å². The van der Waals surface area contributed by atoms with Gasteiger partial charge in [0.25, 0.3) is 0 Å². The van der Waals surface area contributed by atoms with Crippen LogP contribution in [0.2, 0.25) is 0 Å². The standard InChI is InChI=1S/C14H10F2N4/c15-9-6-5-8(7-10(9)16)18-14-13(17)19-11-3-1-2-4-12(11)20-14/h1-7H,(H2,17,19)(H,18,20). The second-order valence-electron chi connectivity index (χ2n) is 4.20. The molecule has 0 amide bonds. The Bertz CT molecular complexity index is 789. The fraction of sp³-hybridized carbons (Fsp3) is 0. The summed E-state index contributed by atoms with van der Waals surface area (Å²) in [6, 6.07) is 10.7. The van der Waals surface area contributed by atoms with Crippen LogP contribution in [0.4, 0.5) is 26.1 Å². The van der Waals surface area contributed by atoms with E-state index < -0.39 is 11.6 Å². The predicted molar refractivity (Wildman–Crippen MR) is 73.6 cm³/mol. The van der Waals surface area contributed by atoms with Crippen molar-refractivity contribution >= 4 is 28.4 Å². The molecule has 100 valence electrons. The third-order valence-electron chi connectivity index (χ3n) is 2.78. The molecule has 0 aliphatic rings. The maximum atomic E-state index is 13.2. The molecule has 0 atom stereocenters. The zero-order chi connectivity index (χ0) is 14.1. The molecule has 4 nitrogen and oxygen atoms in total. The zero-order valence-corrected chi connectivity index (χ0v) is 10.3. The van der Waals surface area contributed by atoms with E-state index in [1.165, 1.54) is 6.07 Å². The monoisotopic (exact) mass is 272 g/mol. The van der Waals surface area contributed by atoms with Gasteiger partial charge in [0.15, 0.2) is 23.3 Å². The van der Waals surface area contributed by atoms with E-state index in [1.54, 1.807) is 12.1 Å². The van der Waals surface area contributed by atoms with Crippen LogP contribution in [-0.2, 0) is 0 Å². The number of anilines is 3. The van der Waals surface area contributed by atoms with Gasteiger partial charge in [-0.2, -0.15) is 0 Å². The Morgan fingerprint density at radius 2 is 1.60 bits per heavy atom. The summed E-state index contributed by atoms with van der Waals surface area (Å²) in [4.78, 5) is 8.50. The molecule has 3 rings (SSSR count). The molecule has 0 unspecified atom stereocenters. The lowest BCUT2D eigenvalue weighted by Gasteiger charge is -2.09. The molecule has 3 aromatic rings. The Balaban J connectivity index is 2.01. The number of hydrogen-bond acceptors (Lipinski definition) is 4. The summed E-state index contributed by atoms with van der Waals surface area (Å²) < 4.78 is 26.0. The van der Waals surface area contributed by atoms with Crippen LogP contribution in [-0.4, -0.2) is 9.97 Å². The van der Waals surface area contributed by atoms with Crippen LogP contribution in [0.15, 0.2) is 42.5 Å². The third kappa shape index (κ3) is 2.23. The van der Waals surface area contributed by atoms with E-state index in [2.05, 4.69) is 15.3 Å². The number of para-hydroxylation sites is 2. The summed E-state index contributed by atoms with van der Waals surface area (Å²) in [6.07, 6.45) is 0. The van der Waals surface area contributed by atoms with Gasteiger partial charge in [0, 0.05) is 11.8 Å². The Morgan fingerprint density at radius 1 is 0.900 bits per heavy atom. The number of nitrogens with one attached hydrogen (secondary N) is 1. The first-order valence-electron chi connectivity index (χ1n) is 5.88. The Kier molecular flexibility index (Phi) is 2.90. The van der Waals surface area contributed by atoms with Gasteiger partial charge in [-0.25, -0.2) is 18.7 Å². The molecular formula is C14H10F2N4. The number of halogens is 2. The number of aromatic nitrogens is 2. The van der Waals surface area contributed by atoms with Crippen LogP contribution in [0.5, 0.6) is 0 Å². The normalized spacial score (nSPS) is 10.7. The number of nitrogens with two attached hydrogens (primary N) is 1. The molecule has 0 spiro atoms. The number of fused-ring (bicyclic) bond motifs is 1. The predicted octanol–water partition coefficient (Wildman–Crippen LogP) is 3.23. The van der Waals surface area contributed by atoms with Gasteiger partial charge in [0.2, 0.25) is 0 Å². The summed E-state index contributed by atoms with van der Waals surface area (Å²) in [6.45, 7) is 0. The van der Waals surface area contributed by atoms with E-state index in [0.29, 0.717) is 22.5 Å². The van der Waals surface area contributed by atoms with Gasteiger partial charge < -0.3 is 11.1 Å². The second kappa shape index (κ2) is 4.73. The van der Waals surface area contributed by atoms with E-state index >= 15 is 0 Å². The first kappa shape index (κ1) is 12.3. The van der Waals surface area contributed by atoms with Crippen molar-refractivity contribution in [2.45, 2.75) is 0 Å². The van der Waals surface area contributed by atoms with Crippen LogP contribution in [0.1, 0.15) is 0 Å². The molecule has 2 aromatic carbocycles. The van der Waals surface area contributed by atoms with Crippen molar-refractivity contribution in [1.82, 2.24) is 9.97 Å². The summed E-state index contributed by atoms with van der Waals surface area (Å²) in [5.41, 5.74) is 7.47. The Labute approximate surface area is 113 Å². The van der Waals surface area contributed by atoms with Crippen LogP contribution in [0.25, 0.3) is 11.0 Å². The fourth-order valence-electron chi connectivity index (χ4n) is 1.82. The minimum Gasteiger partial charge on any atom is -0.381 e. The first-order chi connectivity index (χ1) is 9.63. The van der Waals surface area contributed by atoms with Gasteiger partial charge in [0.05, 0.1) is 11.0 Å². The molecular weight excluding hydrogens is 262 g/mol. The van der Waals surface area contributed by atoms with Crippen molar-refractivity contribution in [2.24, 2.45) is 0 Å². The van der Waals surface area contributed by atoms with Crippen LogP contribution in [0.3, 0.4) is 0 Å². The van der Waals surface area contributed by atoms with Crippen LogP contribution >= 0.6 is 0 Å². The Hall–Kier alpha value is -2.76. The molecule has 3 N–H and O–H groups in total. The van der Waals surface area contributed by atoms with Gasteiger partial charge in [-0.15, -0.1) is 0 Å². The molecule has 0 fully saturated rings. The fourth-order valence-corrected chi connectivity index (χ4v) is 1.82. The summed E-state index contributed by atoms with van der Waals surface area (Å²) in [5, 5.41) is 2.83. The average Bonchev–Trinajstić information content (AvgIpc) is 2.44. The lowest BCUT2D eigenvalue weighted by molar-refractivity contribution is 0.509. The molecule has 6 heteroatoms. The van der Waals surface area contributed by atoms with Crippen LogP contribution < -0.4 is 11.1 Å². The summed E-state index contributed by atoms with van der Waals surface area (Å²) in [7, 11) is 0. The molecule has 20 heavy (non-hydrogen) atoms. The van der Waals surface area contributed by atoms with Crippen molar-refractivity contribution in [3.63, 3.8) is 0 Å². The van der Waals surface area contributed by atoms with Gasteiger partial charge in [0.1, 0.15) is 0 Å². The lowest BCUT2D eigenvalue weighted by Crippen LogP contribution is -2.02. The van der Waals surface area contributed by atoms with Crippen LogP contribution in [0, 0.1) is 11.6 Å². The molecule has 1 heterocycles. The van der Waals surface area contributed by atoms with E-state index in [9.17, 15) is 8.78 Å². The van der Waals surface area contributed by atoms with Crippen molar-refractivity contribution in [2.75, 3.05) is 11.1 Å². The van der Waals surface area contributed by atoms with Gasteiger partial charge in [-0.1, -0.05) is 12.1 Å². The maximum absolute atomic E-state index is 13.2. The number of nitrogens with zero attached hydrogens (tertiary/aromatic N) is 2. The highest BCUT2D eigenvalue weighted by atomic mass is 19.2. The third-order valence-corrected chi connectivity index (χ3v) is 2.78. The molecule has 0 radical (unpaired) electrons. The van der Waals surface area contributed by atoms with Crippen molar-refractivity contribution in [1.29, 1.82) is 0 Å². The highest BCUT2D eigenvalue weighted by Crippen LogP contribution is 2.23. The molecule has 0 aliphatic heterocycles. The average molecular weight is 272 g/mol. The Morgan fingerprint density at radius 3 is 2.30 bits per heavy atom. The number of benzene rings is 2. The van der Waals surface area contributed by atoms with Gasteiger partial charge in [-0.05, 0) is 24.3 Å². The molecule has 0 saturated carbocycles. The zero-order valence-electron chi connectivity index (χ0n) is 10.3. The van der Waals surface area contributed by atoms with E-state index in [4.69, 9.17) is 5.73 Å². The van der Waals surface area contributed by atoms with Crippen molar-refractivity contribution in [3.8, 4) is 0 Å². The quantitative estimate of drug-likeness (QED) is 0.751. The largest absolute Gasteiger partial charge is 0.381 e. The lowest BCUT2D eigenvalue weighted by atomic mass is 10.3. The topological polar surface area (TPSA) is 63.8 Å². The first-order valence-corrected chi connectivity index (χ1v) is 5.88. The van der Waals surface area contributed by atoms with E-state index in [-0.39, 0.29) is 5.82 Å². The smallest absolute Gasteiger partial charge is 0.174 e. The molecule has 0 aliphatic carbocycles. The molecule has 0 saturated heterocycles. The minimum absolute atomic E-state index is 0.188. The number of hydrogen-bond donors (Lipinski definition) is 2. The van der Waals surface area contributed by atoms with Crippen molar-refractivity contribution < 1.29 is 8.78 Å². The van der Waals surface area contributed by atoms with Gasteiger partial charge in [-0.3, -0.25) is 0 Å². The highest BCUT2D eigenvalue weighted by Gasteiger charge is 2.08. The minimum atomic E-state index is -0.942. The molecule has 0 bridgehead atoms. The van der Waals surface area contributed by atoms with E-state index in [0.717, 1.165) is 12.1 Å². The summed E-state index contributed by atoms with van der Waals surface area (Å²) >= 11 is 0. The number of rotatable bonds is 2. The highest BCUT2D eigenvalue weighted by molar-refractivity contribution is 5.80. The SMILES string of the molecule is Nc1nc2ccccc2nc1Nc1ccc(F)c(F)c1. The van der Waals surface area contributed by atoms with E-state index in [1.807, 2.05) is 12.1 Å². The maximum Gasteiger partial charge on any atom is 0.174 e. The second-order valence-corrected chi connectivity index (χ2v) is 4.20. The molecule has 1 aromatic heterocycles.